The number of hydrogen-bond donors (Lipinski definition) is 1. The van der Waals surface area contributed by atoms with Crippen LogP contribution in [0.5, 0.6) is 0 Å². The maximum Gasteiger partial charge on any atom is 0.228 e. The molecular weight excluding hydrogens is 236 g/mol. The van der Waals surface area contributed by atoms with Gasteiger partial charge in [-0.15, -0.1) is 0 Å². The van der Waals surface area contributed by atoms with Crippen molar-refractivity contribution in [1.82, 2.24) is 9.97 Å². The number of nitriles is 1. The fraction of sp³-hybridized carbons (Fsp3) is 0.267. The summed E-state index contributed by atoms with van der Waals surface area (Å²) in [5, 5.41) is 12.0. The normalized spacial score (nSPS) is 9.95. The lowest BCUT2D eigenvalue weighted by atomic mass is 10.1. The van der Waals surface area contributed by atoms with Crippen molar-refractivity contribution in [3.05, 3.63) is 47.3 Å². The van der Waals surface area contributed by atoms with Crippen LogP contribution in [-0.4, -0.2) is 9.97 Å². The molecule has 2 rings (SSSR count). The molecular formula is C15H16N4. The number of nitrogens with one attached hydrogen (secondary N) is 1. The monoisotopic (exact) mass is 252 g/mol. The quantitative estimate of drug-likeness (QED) is 0.906. The van der Waals surface area contributed by atoms with Crippen molar-refractivity contribution < 1.29 is 0 Å². The van der Waals surface area contributed by atoms with Crippen LogP contribution < -0.4 is 5.32 Å². The van der Waals surface area contributed by atoms with Crippen LogP contribution in [0.1, 0.15) is 30.3 Å². The Labute approximate surface area is 113 Å². The molecule has 0 aliphatic rings. The van der Waals surface area contributed by atoms with Crippen LogP contribution in [0.15, 0.2) is 30.3 Å². The second kappa shape index (κ2) is 5.96. The Morgan fingerprint density at radius 2 is 1.95 bits per heavy atom. The molecule has 96 valence electrons. The third-order valence-electron chi connectivity index (χ3n) is 2.72. The molecule has 0 unspecified atom stereocenters. The van der Waals surface area contributed by atoms with Crippen LogP contribution >= 0.6 is 0 Å². The van der Waals surface area contributed by atoms with Gasteiger partial charge in [-0.05, 0) is 37.1 Å². The molecule has 0 aliphatic carbocycles. The van der Waals surface area contributed by atoms with E-state index in [-0.39, 0.29) is 0 Å². The molecule has 0 atom stereocenters. The first-order valence-corrected chi connectivity index (χ1v) is 6.33. The molecule has 4 heteroatoms. The summed E-state index contributed by atoms with van der Waals surface area (Å²) in [7, 11) is 0. The average molecular weight is 252 g/mol. The van der Waals surface area contributed by atoms with Crippen molar-refractivity contribution in [2.24, 2.45) is 0 Å². The van der Waals surface area contributed by atoms with Crippen molar-refractivity contribution in [1.29, 1.82) is 5.26 Å². The minimum Gasteiger partial charge on any atom is -0.324 e. The molecule has 1 N–H and O–H groups in total. The van der Waals surface area contributed by atoms with Crippen molar-refractivity contribution in [3.8, 4) is 6.07 Å². The standard InChI is InChI=1S/C15H16N4/c1-3-4-12-5-7-13(8-6-12)18-15-17-11(2)9-14(10-16)19-15/h5-9H,3-4H2,1-2H3,(H,17,18,19). The van der Waals surface area contributed by atoms with Gasteiger partial charge >= 0.3 is 0 Å². The first-order valence-electron chi connectivity index (χ1n) is 6.33. The van der Waals surface area contributed by atoms with E-state index in [2.05, 4.69) is 34.3 Å². The van der Waals surface area contributed by atoms with Gasteiger partial charge in [0.2, 0.25) is 5.95 Å². The maximum atomic E-state index is 8.88. The first kappa shape index (κ1) is 13.0. The van der Waals surface area contributed by atoms with Gasteiger partial charge < -0.3 is 5.32 Å². The zero-order chi connectivity index (χ0) is 13.7. The number of hydrogen-bond acceptors (Lipinski definition) is 4. The molecule has 0 aliphatic heterocycles. The Morgan fingerprint density at radius 3 is 2.58 bits per heavy atom. The number of aromatic nitrogens is 2. The smallest absolute Gasteiger partial charge is 0.228 e. The Hall–Kier alpha value is -2.41. The zero-order valence-corrected chi connectivity index (χ0v) is 11.1. The summed E-state index contributed by atoms with van der Waals surface area (Å²) in [4.78, 5) is 8.39. The third-order valence-corrected chi connectivity index (χ3v) is 2.72. The molecule has 1 aromatic heterocycles. The summed E-state index contributed by atoms with van der Waals surface area (Å²) in [6, 6.07) is 11.9. The predicted octanol–water partition coefficient (Wildman–Crippen LogP) is 3.35. The van der Waals surface area contributed by atoms with Crippen LogP contribution in [0.3, 0.4) is 0 Å². The van der Waals surface area contributed by atoms with Crippen LogP contribution in [-0.2, 0) is 6.42 Å². The molecule has 2 aromatic rings. The van der Waals surface area contributed by atoms with E-state index in [9.17, 15) is 0 Å². The molecule has 0 fully saturated rings. The molecule has 0 amide bonds. The van der Waals surface area contributed by atoms with E-state index in [4.69, 9.17) is 5.26 Å². The van der Waals surface area contributed by atoms with Gasteiger partial charge in [-0.1, -0.05) is 25.5 Å². The molecule has 1 heterocycles. The minimum atomic E-state index is 0.373. The molecule has 4 nitrogen and oxygen atoms in total. The topological polar surface area (TPSA) is 61.6 Å². The Bertz CT molecular complexity index is 597. The van der Waals surface area contributed by atoms with E-state index in [1.165, 1.54) is 5.56 Å². The number of aryl methyl sites for hydroxylation is 2. The summed E-state index contributed by atoms with van der Waals surface area (Å²) in [6.07, 6.45) is 2.22. The van der Waals surface area contributed by atoms with Crippen molar-refractivity contribution in [2.75, 3.05) is 5.32 Å². The van der Waals surface area contributed by atoms with Gasteiger partial charge in [0.25, 0.3) is 0 Å². The number of anilines is 2. The lowest BCUT2D eigenvalue weighted by Crippen LogP contribution is -2.00. The van der Waals surface area contributed by atoms with Crippen molar-refractivity contribution in [3.63, 3.8) is 0 Å². The van der Waals surface area contributed by atoms with E-state index >= 15 is 0 Å². The van der Waals surface area contributed by atoms with Gasteiger partial charge in [-0.3, -0.25) is 0 Å². The Kier molecular flexibility index (Phi) is 4.09. The van der Waals surface area contributed by atoms with Crippen LogP contribution in [0.2, 0.25) is 0 Å². The highest BCUT2D eigenvalue weighted by Crippen LogP contribution is 2.15. The first-order chi connectivity index (χ1) is 9.21. The summed E-state index contributed by atoms with van der Waals surface area (Å²) < 4.78 is 0. The van der Waals surface area contributed by atoms with Gasteiger partial charge in [0.15, 0.2) is 0 Å². The molecule has 0 spiro atoms. The summed E-state index contributed by atoms with van der Waals surface area (Å²) >= 11 is 0. The zero-order valence-electron chi connectivity index (χ0n) is 11.1. The molecule has 0 saturated heterocycles. The lowest BCUT2D eigenvalue weighted by molar-refractivity contribution is 0.922. The molecule has 0 saturated carbocycles. The number of nitrogens with zero attached hydrogens (tertiary/aromatic N) is 3. The number of rotatable bonds is 4. The van der Waals surface area contributed by atoms with E-state index in [0.717, 1.165) is 24.2 Å². The second-order valence-corrected chi connectivity index (χ2v) is 4.40. The fourth-order valence-corrected chi connectivity index (χ4v) is 1.85. The SMILES string of the molecule is CCCc1ccc(Nc2nc(C)cc(C#N)n2)cc1. The van der Waals surface area contributed by atoms with Gasteiger partial charge in [0.05, 0.1) is 0 Å². The van der Waals surface area contributed by atoms with Crippen molar-refractivity contribution in [2.45, 2.75) is 26.7 Å². The highest BCUT2D eigenvalue weighted by atomic mass is 15.1. The van der Waals surface area contributed by atoms with Gasteiger partial charge in [-0.2, -0.15) is 5.26 Å². The maximum absolute atomic E-state index is 8.88. The van der Waals surface area contributed by atoms with Crippen molar-refractivity contribution >= 4 is 11.6 Å². The second-order valence-electron chi connectivity index (χ2n) is 4.40. The molecule has 19 heavy (non-hydrogen) atoms. The summed E-state index contributed by atoms with van der Waals surface area (Å²) in [5.74, 6) is 0.458. The molecule has 0 bridgehead atoms. The van der Waals surface area contributed by atoms with Gasteiger partial charge in [0, 0.05) is 11.4 Å². The van der Waals surface area contributed by atoms with E-state index in [1.54, 1.807) is 6.07 Å². The summed E-state index contributed by atoms with van der Waals surface area (Å²) in [5.41, 5.74) is 3.39. The van der Waals surface area contributed by atoms with E-state index in [0.29, 0.717) is 11.6 Å². The molecule has 1 aromatic carbocycles. The lowest BCUT2D eigenvalue weighted by Gasteiger charge is -2.06. The van der Waals surface area contributed by atoms with Gasteiger partial charge in [0.1, 0.15) is 11.8 Å². The van der Waals surface area contributed by atoms with Gasteiger partial charge in [-0.25, -0.2) is 9.97 Å². The minimum absolute atomic E-state index is 0.373. The Morgan fingerprint density at radius 1 is 1.21 bits per heavy atom. The van der Waals surface area contributed by atoms with Crippen LogP contribution in [0.4, 0.5) is 11.6 Å². The summed E-state index contributed by atoms with van der Waals surface area (Å²) in [6.45, 7) is 4.01. The molecule has 0 radical (unpaired) electrons. The van der Waals surface area contributed by atoms with E-state index in [1.807, 2.05) is 25.1 Å². The largest absolute Gasteiger partial charge is 0.324 e. The highest BCUT2D eigenvalue weighted by molar-refractivity contribution is 5.54. The predicted molar refractivity (Wildman–Crippen MR) is 75.2 cm³/mol. The third kappa shape index (κ3) is 3.52. The van der Waals surface area contributed by atoms with Crippen LogP contribution in [0.25, 0.3) is 0 Å². The van der Waals surface area contributed by atoms with E-state index < -0.39 is 0 Å². The highest BCUT2D eigenvalue weighted by Gasteiger charge is 2.02. The average Bonchev–Trinajstić information content (AvgIpc) is 2.40. The fourth-order valence-electron chi connectivity index (χ4n) is 1.85. The Balaban J connectivity index is 2.17. The van der Waals surface area contributed by atoms with Crippen LogP contribution in [0, 0.1) is 18.3 Å². The number of benzene rings is 1.